The van der Waals surface area contributed by atoms with Crippen LogP contribution in [0.2, 0.25) is 0 Å². The molecule has 0 spiro atoms. The number of methoxy groups -OCH3 is 2. The quantitative estimate of drug-likeness (QED) is 0.445. The molecule has 1 aliphatic heterocycles. The molecule has 5 rings (SSSR count). The molecular weight excluding hydrogens is 449 g/mol. The first-order chi connectivity index (χ1) is 17.1. The number of benzene rings is 2. The average Bonchev–Trinajstić information content (AvgIpc) is 3.34. The molecule has 0 bridgehead atoms. The van der Waals surface area contributed by atoms with Gasteiger partial charge in [0.25, 0.3) is 0 Å². The van der Waals surface area contributed by atoms with E-state index < -0.39 is 0 Å². The van der Waals surface area contributed by atoms with Gasteiger partial charge in [0.05, 0.1) is 25.6 Å². The molecule has 3 heterocycles. The van der Waals surface area contributed by atoms with Crippen molar-refractivity contribution in [1.82, 2.24) is 14.6 Å². The monoisotopic (exact) mass is 475 g/mol. The molecule has 1 amide bonds. The third kappa shape index (κ3) is 4.62. The SMILES string of the molecule is COc1ccc(NC(=O)C2CCN(c3nccn4nc(-c5ccc(F)cc5)cc34)CC2)c(OC)c1. The standard InChI is InChI=1S/C26H26FN5O3/c1-34-20-7-8-21(24(15-20)35-2)29-26(33)18-9-12-31(13-10-18)25-23-16-22(30-32(23)14-11-28-25)17-3-5-19(27)6-4-17/h3-8,11,14-16,18H,9-10,12-13H2,1-2H3,(H,29,33). The first-order valence-corrected chi connectivity index (χ1v) is 11.4. The van der Waals surface area contributed by atoms with E-state index in [9.17, 15) is 9.18 Å². The summed E-state index contributed by atoms with van der Waals surface area (Å²) < 4.78 is 25.7. The minimum atomic E-state index is -0.280. The molecule has 0 unspecified atom stereocenters. The first kappa shape index (κ1) is 22.6. The van der Waals surface area contributed by atoms with Crippen LogP contribution in [0.5, 0.6) is 11.5 Å². The van der Waals surface area contributed by atoms with Crippen LogP contribution in [-0.4, -0.2) is 47.8 Å². The van der Waals surface area contributed by atoms with Gasteiger partial charge in [-0.2, -0.15) is 5.10 Å². The van der Waals surface area contributed by atoms with Crippen molar-refractivity contribution in [3.05, 3.63) is 66.7 Å². The third-order valence-corrected chi connectivity index (χ3v) is 6.34. The van der Waals surface area contributed by atoms with Crippen LogP contribution in [0.4, 0.5) is 15.9 Å². The molecule has 2 aromatic heterocycles. The number of rotatable bonds is 6. The van der Waals surface area contributed by atoms with E-state index in [1.807, 2.05) is 6.07 Å². The van der Waals surface area contributed by atoms with E-state index in [4.69, 9.17) is 9.47 Å². The summed E-state index contributed by atoms with van der Waals surface area (Å²) in [5, 5.41) is 7.63. The van der Waals surface area contributed by atoms with Crippen molar-refractivity contribution < 1.29 is 18.7 Å². The summed E-state index contributed by atoms with van der Waals surface area (Å²) in [6.45, 7) is 1.39. The number of nitrogens with one attached hydrogen (secondary N) is 1. The van der Waals surface area contributed by atoms with Crippen LogP contribution in [0.1, 0.15) is 12.8 Å². The normalized spacial score (nSPS) is 14.2. The van der Waals surface area contributed by atoms with Gasteiger partial charge in [0.1, 0.15) is 22.8 Å². The van der Waals surface area contributed by atoms with E-state index in [0.717, 1.165) is 22.6 Å². The Morgan fingerprint density at radius 2 is 1.83 bits per heavy atom. The van der Waals surface area contributed by atoms with E-state index in [0.29, 0.717) is 43.1 Å². The smallest absolute Gasteiger partial charge is 0.227 e. The Kier molecular flexibility index (Phi) is 6.22. The molecule has 4 aromatic rings. The summed E-state index contributed by atoms with van der Waals surface area (Å²) in [7, 11) is 3.15. The van der Waals surface area contributed by atoms with Crippen molar-refractivity contribution in [3.63, 3.8) is 0 Å². The van der Waals surface area contributed by atoms with Gasteiger partial charge in [0.2, 0.25) is 5.91 Å². The summed E-state index contributed by atoms with van der Waals surface area (Å²) in [6, 6.07) is 13.6. The Morgan fingerprint density at radius 3 is 2.54 bits per heavy atom. The number of carbonyl (C=O) groups excluding carboxylic acids is 1. The Labute approximate surface area is 202 Å². The van der Waals surface area contributed by atoms with Crippen molar-refractivity contribution >= 4 is 22.9 Å². The van der Waals surface area contributed by atoms with Crippen LogP contribution in [0.15, 0.2) is 60.9 Å². The van der Waals surface area contributed by atoms with E-state index >= 15 is 0 Å². The second-order valence-corrected chi connectivity index (χ2v) is 8.43. The number of hydrogen-bond acceptors (Lipinski definition) is 6. The van der Waals surface area contributed by atoms with Gasteiger partial charge in [0.15, 0.2) is 5.82 Å². The highest BCUT2D eigenvalue weighted by molar-refractivity contribution is 5.94. The fraction of sp³-hybridized carbons (Fsp3) is 0.269. The second-order valence-electron chi connectivity index (χ2n) is 8.43. The van der Waals surface area contributed by atoms with Gasteiger partial charge >= 0.3 is 0 Å². The van der Waals surface area contributed by atoms with Crippen LogP contribution < -0.4 is 19.7 Å². The lowest BCUT2D eigenvalue weighted by Crippen LogP contribution is -2.38. The topological polar surface area (TPSA) is 81.0 Å². The number of piperidine rings is 1. The van der Waals surface area contributed by atoms with Crippen LogP contribution in [0, 0.1) is 11.7 Å². The maximum Gasteiger partial charge on any atom is 0.227 e. The minimum absolute atomic E-state index is 0.0257. The lowest BCUT2D eigenvalue weighted by Gasteiger charge is -2.32. The highest BCUT2D eigenvalue weighted by Crippen LogP contribution is 2.32. The molecule has 0 aliphatic carbocycles. The highest BCUT2D eigenvalue weighted by atomic mass is 19.1. The van der Waals surface area contributed by atoms with Crippen molar-refractivity contribution in [2.24, 2.45) is 5.92 Å². The molecule has 1 aliphatic rings. The van der Waals surface area contributed by atoms with Crippen LogP contribution in [-0.2, 0) is 4.79 Å². The van der Waals surface area contributed by atoms with Gasteiger partial charge in [0, 0.05) is 43.0 Å². The maximum atomic E-state index is 13.3. The third-order valence-electron chi connectivity index (χ3n) is 6.34. The van der Waals surface area contributed by atoms with Crippen LogP contribution >= 0.6 is 0 Å². The Balaban J connectivity index is 1.28. The average molecular weight is 476 g/mol. The second kappa shape index (κ2) is 9.61. The predicted molar refractivity (Wildman–Crippen MR) is 131 cm³/mol. The Hall–Kier alpha value is -4.14. The van der Waals surface area contributed by atoms with Gasteiger partial charge in [-0.3, -0.25) is 4.79 Å². The molecule has 0 atom stereocenters. The molecule has 0 saturated carbocycles. The van der Waals surface area contributed by atoms with Gasteiger partial charge < -0.3 is 19.7 Å². The number of hydrogen-bond donors (Lipinski definition) is 1. The van der Waals surface area contributed by atoms with Crippen LogP contribution in [0.3, 0.4) is 0 Å². The number of halogens is 1. The number of fused-ring (bicyclic) bond motifs is 1. The number of ether oxygens (including phenoxy) is 2. The van der Waals surface area contributed by atoms with Crippen molar-refractivity contribution in [3.8, 4) is 22.8 Å². The zero-order chi connectivity index (χ0) is 24.4. The van der Waals surface area contributed by atoms with Crippen molar-refractivity contribution in [2.45, 2.75) is 12.8 Å². The van der Waals surface area contributed by atoms with E-state index in [2.05, 4.69) is 20.3 Å². The Morgan fingerprint density at radius 1 is 1.06 bits per heavy atom. The van der Waals surface area contributed by atoms with Gasteiger partial charge in [-0.05, 0) is 55.3 Å². The molecule has 35 heavy (non-hydrogen) atoms. The number of aromatic nitrogens is 3. The molecule has 8 nitrogen and oxygen atoms in total. The van der Waals surface area contributed by atoms with Crippen LogP contribution in [0.25, 0.3) is 16.8 Å². The fourth-order valence-electron chi connectivity index (χ4n) is 4.40. The zero-order valence-electron chi connectivity index (χ0n) is 19.6. The van der Waals surface area contributed by atoms with Gasteiger partial charge in [-0.25, -0.2) is 13.9 Å². The zero-order valence-corrected chi connectivity index (χ0v) is 19.6. The molecule has 180 valence electrons. The highest BCUT2D eigenvalue weighted by Gasteiger charge is 2.27. The van der Waals surface area contributed by atoms with Crippen molar-refractivity contribution in [1.29, 1.82) is 0 Å². The molecule has 0 radical (unpaired) electrons. The summed E-state index contributed by atoms with van der Waals surface area (Å²) >= 11 is 0. The Bertz CT molecular complexity index is 1350. The number of nitrogens with zero attached hydrogens (tertiary/aromatic N) is 4. The lowest BCUT2D eigenvalue weighted by atomic mass is 9.95. The molecule has 9 heteroatoms. The van der Waals surface area contributed by atoms with E-state index in [-0.39, 0.29) is 17.6 Å². The molecule has 1 saturated heterocycles. The van der Waals surface area contributed by atoms with Gasteiger partial charge in [-0.15, -0.1) is 0 Å². The predicted octanol–water partition coefficient (Wildman–Crippen LogP) is 4.41. The maximum absolute atomic E-state index is 13.3. The summed E-state index contributed by atoms with van der Waals surface area (Å²) in [5.41, 5.74) is 3.09. The van der Waals surface area contributed by atoms with E-state index in [1.165, 1.54) is 12.1 Å². The minimum Gasteiger partial charge on any atom is -0.497 e. The molecule has 1 N–H and O–H groups in total. The number of carbonyl (C=O) groups is 1. The van der Waals surface area contributed by atoms with Gasteiger partial charge in [-0.1, -0.05) is 0 Å². The summed E-state index contributed by atoms with van der Waals surface area (Å²) in [4.78, 5) is 19.7. The molecular formula is C26H26FN5O3. The summed E-state index contributed by atoms with van der Waals surface area (Å²) in [5.74, 6) is 1.63. The molecule has 2 aromatic carbocycles. The van der Waals surface area contributed by atoms with E-state index in [1.54, 1.807) is 61.5 Å². The molecule has 1 fully saturated rings. The fourth-order valence-corrected chi connectivity index (χ4v) is 4.40. The number of amides is 1. The summed E-state index contributed by atoms with van der Waals surface area (Å²) in [6.07, 6.45) is 4.92. The number of anilines is 2. The van der Waals surface area contributed by atoms with Crippen molar-refractivity contribution in [2.75, 3.05) is 37.5 Å². The first-order valence-electron chi connectivity index (χ1n) is 11.4. The lowest BCUT2D eigenvalue weighted by molar-refractivity contribution is -0.120. The largest absolute Gasteiger partial charge is 0.497 e.